The van der Waals surface area contributed by atoms with Gasteiger partial charge in [-0.05, 0) is 36.5 Å². The normalized spacial score (nSPS) is 18.2. The molecule has 1 N–H and O–H groups in total. The third-order valence-electron chi connectivity index (χ3n) is 3.71. The maximum absolute atomic E-state index is 12.0. The van der Waals surface area contributed by atoms with Crippen molar-refractivity contribution in [1.29, 1.82) is 0 Å². The molecule has 20 heavy (non-hydrogen) atoms. The Kier molecular flexibility index (Phi) is 4.91. The Balaban J connectivity index is 1.83. The SMILES string of the molecule is OC(Cc1ccc(OC(F)(F)F)cc1)CC1CCCC1. The molecular formula is C15H19F3O2. The fourth-order valence-electron chi connectivity index (χ4n) is 2.81. The van der Waals surface area contributed by atoms with Crippen LogP contribution in [0.4, 0.5) is 13.2 Å². The van der Waals surface area contributed by atoms with Gasteiger partial charge in [0.2, 0.25) is 0 Å². The lowest BCUT2D eigenvalue weighted by Crippen LogP contribution is -2.17. The van der Waals surface area contributed by atoms with Gasteiger partial charge in [0.05, 0.1) is 6.10 Å². The van der Waals surface area contributed by atoms with Gasteiger partial charge >= 0.3 is 6.36 Å². The number of alkyl halides is 3. The zero-order valence-corrected chi connectivity index (χ0v) is 11.2. The molecule has 1 unspecified atom stereocenters. The number of halogens is 3. The Morgan fingerprint density at radius 2 is 1.75 bits per heavy atom. The van der Waals surface area contributed by atoms with Crippen LogP contribution in [0.15, 0.2) is 24.3 Å². The van der Waals surface area contributed by atoms with E-state index in [0.29, 0.717) is 12.3 Å². The Morgan fingerprint density at radius 3 is 2.30 bits per heavy atom. The molecule has 1 aliphatic carbocycles. The second kappa shape index (κ2) is 6.48. The van der Waals surface area contributed by atoms with E-state index in [9.17, 15) is 18.3 Å². The fourth-order valence-corrected chi connectivity index (χ4v) is 2.81. The summed E-state index contributed by atoms with van der Waals surface area (Å²) in [4.78, 5) is 0. The molecule has 1 atom stereocenters. The summed E-state index contributed by atoms with van der Waals surface area (Å²) in [5.41, 5.74) is 0.824. The van der Waals surface area contributed by atoms with Gasteiger partial charge in [-0.15, -0.1) is 13.2 Å². The van der Waals surface area contributed by atoms with Crippen LogP contribution in [-0.4, -0.2) is 17.6 Å². The van der Waals surface area contributed by atoms with Gasteiger partial charge in [0.1, 0.15) is 5.75 Å². The van der Waals surface area contributed by atoms with Gasteiger partial charge in [0.25, 0.3) is 0 Å². The summed E-state index contributed by atoms with van der Waals surface area (Å²) in [6.07, 6.45) is 0.993. The van der Waals surface area contributed by atoms with E-state index in [2.05, 4.69) is 4.74 Å². The highest BCUT2D eigenvalue weighted by Gasteiger charge is 2.31. The maximum atomic E-state index is 12.0. The summed E-state index contributed by atoms with van der Waals surface area (Å²) in [5.74, 6) is 0.365. The molecule has 112 valence electrons. The quantitative estimate of drug-likeness (QED) is 0.885. The Bertz CT molecular complexity index is 408. The minimum absolute atomic E-state index is 0.230. The number of aliphatic hydroxyl groups is 1. The van der Waals surface area contributed by atoms with Crippen molar-refractivity contribution < 1.29 is 23.0 Å². The van der Waals surface area contributed by atoms with Crippen molar-refractivity contribution in [3.8, 4) is 5.75 Å². The van der Waals surface area contributed by atoms with Crippen molar-refractivity contribution >= 4 is 0 Å². The predicted molar refractivity (Wildman–Crippen MR) is 69.4 cm³/mol. The van der Waals surface area contributed by atoms with E-state index < -0.39 is 12.5 Å². The lowest BCUT2D eigenvalue weighted by Gasteiger charge is -2.15. The molecule has 5 heteroatoms. The second-order valence-electron chi connectivity index (χ2n) is 5.44. The van der Waals surface area contributed by atoms with Gasteiger partial charge in [0, 0.05) is 0 Å². The molecule has 0 spiro atoms. The molecule has 0 heterocycles. The molecule has 1 fully saturated rings. The Labute approximate surface area is 116 Å². The van der Waals surface area contributed by atoms with E-state index in [-0.39, 0.29) is 5.75 Å². The Hall–Kier alpha value is -1.23. The smallest absolute Gasteiger partial charge is 0.406 e. The van der Waals surface area contributed by atoms with Crippen molar-refractivity contribution in [3.05, 3.63) is 29.8 Å². The zero-order valence-electron chi connectivity index (χ0n) is 11.2. The monoisotopic (exact) mass is 288 g/mol. The first kappa shape index (κ1) is 15.2. The van der Waals surface area contributed by atoms with Crippen LogP contribution in [-0.2, 0) is 6.42 Å². The van der Waals surface area contributed by atoms with E-state index in [1.54, 1.807) is 12.1 Å². The summed E-state index contributed by atoms with van der Waals surface area (Å²) < 4.78 is 39.9. The van der Waals surface area contributed by atoms with Crippen molar-refractivity contribution in [2.75, 3.05) is 0 Å². The molecular weight excluding hydrogens is 269 g/mol. The van der Waals surface area contributed by atoms with Crippen molar-refractivity contribution in [3.63, 3.8) is 0 Å². The van der Waals surface area contributed by atoms with Crippen LogP contribution in [0.3, 0.4) is 0 Å². The average Bonchev–Trinajstić information content (AvgIpc) is 2.82. The van der Waals surface area contributed by atoms with E-state index in [1.165, 1.54) is 37.8 Å². The van der Waals surface area contributed by atoms with Gasteiger partial charge in [-0.2, -0.15) is 0 Å². The van der Waals surface area contributed by atoms with E-state index in [4.69, 9.17) is 0 Å². The van der Waals surface area contributed by atoms with Gasteiger partial charge in [-0.3, -0.25) is 0 Å². The molecule has 0 aliphatic heterocycles. The fraction of sp³-hybridized carbons (Fsp3) is 0.600. The number of ether oxygens (including phenoxy) is 1. The van der Waals surface area contributed by atoms with Crippen molar-refractivity contribution in [1.82, 2.24) is 0 Å². The maximum Gasteiger partial charge on any atom is 0.573 e. The van der Waals surface area contributed by atoms with E-state index in [1.807, 2.05) is 0 Å². The number of benzene rings is 1. The van der Waals surface area contributed by atoms with Gasteiger partial charge in [-0.1, -0.05) is 37.8 Å². The summed E-state index contributed by atoms with van der Waals surface area (Å²) in [6, 6.07) is 5.70. The highest BCUT2D eigenvalue weighted by atomic mass is 19.4. The van der Waals surface area contributed by atoms with Gasteiger partial charge in [-0.25, -0.2) is 0 Å². The Morgan fingerprint density at radius 1 is 1.15 bits per heavy atom. The van der Waals surface area contributed by atoms with Gasteiger partial charge in [0.15, 0.2) is 0 Å². The molecule has 0 radical (unpaired) electrons. The lowest BCUT2D eigenvalue weighted by atomic mass is 9.96. The summed E-state index contributed by atoms with van der Waals surface area (Å²) >= 11 is 0. The summed E-state index contributed by atoms with van der Waals surface area (Å²) in [6.45, 7) is 0. The standard InChI is InChI=1S/C15H19F3O2/c16-15(17,18)20-14-7-5-12(6-8-14)10-13(19)9-11-3-1-2-4-11/h5-8,11,13,19H,1-4,9-10H2. The lowest BCUT2D eigenvalue weighted by molar-refractivity contribution is -0.274. The van der Waals surface area contributed by atoms with Crippen LogP contribution < -0.4 is 4.74 Å². The van der Waals surface area contributed by atoms with Gasteiger partial charge < -0.3 is 9.84 Å². The molecule has 0 saturated heterocycles. The topological polar surface area (TPSA) is 29.5 Å². The first-order valence-corrected chi connectivity index (χ1v) is 6.95. The first-order chi connectivity index (χ1) is 9.42. The molecule has 1 aromatic rings. The average molecular weight is 288 g/mol. The molecule has 0 bridgehead atoms. The summed E-state index contributed by atoms with van der Waals surface area (Å²) in [7, 11) is 0. The number of hydrogen-bond donors (Lipinski definition) is 1. The van der Waals surface area contributed by atoms with E-state index >= 15 is 0 Å². The molecule has 1 aliphatic rings. The molecule has 2 nitrogen and oxygen atoms in total. The number of aliphatic hydroxyl groups excluding tert-OH is 1. The predicted octanol–water partition coefficient (Wildman–Crippen LogP) is 4.07. The van der Waals surface area contributed by atoms with Crippen LogP contribution in [0.25, 0.3) is 0 Å². The molecule has 1 saturated carbocycles. The number of hydrogen-bond acceptors (Lipinski definition) is 2. The van der Waals surface area contributed by atoms with Crippen LogP contribution >= 0.6 is 0 Å². The molecule has 2 rings (SSSR count). The number of rotatable bonds is 5. The van der Waals surface area contributed by atoms with Crippen molar-refractivity contribution in [2.45, 2.75) is 51.0 Å². The molecule has 1 aromatic carbocycles. The minimum Gasteiger partial charge on any atom is -0.406 e. The third-order valence-corrected chi connectivity index (χ3v) is 3.71. The van der Waals surface area contributed by atoms with Crippen molar-refractivity contribution in [2.24, 2.45) is 5.92 Å². The first-order valence-electron chi connectivity index (χ1n) is 6.95. The zero-order chi connectivity index (χ0) is 14.6. The highest BCUT2D eigenvalue weighted by Crippen LogP contribution is 2.29. The van der Waals surface area contributed by atoms with Crippen LogP contribution in [0.5, 0.6) is 5.75 Å². The second-order valence-corrected chi connectivity index (χ2v) is 5.44. The largest absolute Gasteiger partial charge is 0.573 e. The molecule has 0 amide bonds. The third kappa shape index (κ3) is 5.04. The van der Waals surface area contributed by atoms with Crippen LogP contribution in [0.1, 0.15) is 37.7 Å². The van der Waals surface area contributed by atoms with Crippen LogP contribution in [0.2, 0.25) is 0 Å². The van der Waals surface area contributed by atoms with E-state index in [0.717, 1.165) is 12.0 Å². The molecule has 0 aromatic heterocycles. The highest BCUT2D eigenvalue weighted by molar-refractivity contribution is 5.27. The summed E-state index contributed by atoms with van der Waals surface area (Å²) in [5, 5.41) is 10.0. The minimum atomic E-state index is -4.66. The van der Waals surface area contributed by atoms with Crippen LogP contribution in [0, 0.1) is 5.92 Å².